The van der Waals surface area contributed by atoms with Gasteiger partial charge in [-0.15, -0.1) is 0 Å². The Hall–Kier alpha value is -2.01. The Morgan fingerprint density at radius 1 is 1.45 bits per heavy atom. The van der Waals surface area contributed by atoms with E-state index in [0.29, 0.717) is 5.56 Å². The minimum absolute atomic E-state index is 0.185. The van der Waals surface area contributed by atoms with Crippen LogP contribution in [-0.4, -0.2) is 48.5 Å². The number of methoxy groups -OCH3 is 1. The summed E-state index contributed by atoms with van der Waals surface area (Å²) in [7, 11) is -3.55. The molecule has 2 rings (SSSR count). The van der Waals surface area contributed by atoms with E-state index in [1.165, 1.54) is 0 Å². The van der Waals surface area contributed by atoms with Crippen LogP contribution >= 0.6 is 0 Å². The quantitative estimate of drug-likeness (QED) is 0.350. The SMILES string of the molecule is COC1(NC(=O)C(N)c2ccccc2)CN(S(=O)(=O)O)C1=O. The number of nitrogens with two attached hydrogens (primary N) is 1. The molecule has 1 fully saturated rings. The van der Waals surface area contributed by atoms with Crippen LogP contribution in [0.1, 0.15) is 11.6 Å². The van der Waals surface area contributed by atoms with E-state index in [9.17, 15) is 18.0 Å². The zero-order chi connectivity index (χ0) is 16.5. The van der Waals surface area contributed by atoms with E-state index >= 15 is 0 Å². The highest BCUT2D eigenvalue weighted by Gasteiger charge is 2.59. The van der Waals surface area contributed by atoms with Gasteiger partial charge in [0, 0.05) is 7.11 Å². The first-order chi connectivity index (χ1) is 10.2. The van der Waals surface area contributed by atoms with E-state index in [4.69, 9.17) is 15.0 Å². The smallest absolute Gasteiger partial charge is 0.349 e. The van der Waals surface area contributed by atoms with Gasteiger partial charge >= 0.3 is 10.3 Å². The molecule has 2 amide bonds. The van der Waals surface area contributed by atoms with Gasteiger partial charge in [-0.3, -0.25) is 14.1 Å². The third kappa shape index (κ3) is 2.81. The number of hydrogen-bond donors (Lipinski definition) is 3. The summed E-state index contributed by atoms with van der Waals surface area (Å²) in [5.41, 5.74) is 4.46. The lowest BCUT2D eigenvalue weighted by atomic mass is 10.0. The van der Waals surface area contributed by atoms with Crippen LogP contribution in [-0.2, 0) is 24.6 Å². The summed E-state index contributed by atoms with van der Waals surface area (Å²) in [6.45, 7) is -0.533. The highest BCUT2D eigenvalue weighted by molar-refractivity contribution is 7.84. The van der Waals surface area contributed by atoms with Crippen molar-refractivity contribution in [3.05, 3.63) is 35.9 Å². The molecular weight excluding hydrogens is 314 g/mol. The molecule has 1 aliphatic rings. The van der Waals surface area contributed by atoms with Gasteiger partial charge in [-0.25, -0.2) is 4.31 Å². The molecule has 0 bridgehead atoms. The maximum absolute atomic E-state index is 12.1. The fourth-order valence-electron chi connectivity index (χ4n) is 2.02. The fourth-order valence-corrected chi connectivity index (χ4v) is 2.72. The van der Waals surface area contributed by atoms with Crippen LogP contribution < -0.4 is 11.1 Å². The predicted octanol–water partition coefficient (Wildman–Crippen LogP) is -1.21. The van der Waals surface area contributed by atoms with Gasteiger partial charge < -0.3 is 15.8 Å². The molecule has 4 N–H and O–H groups in total. The number of carbonyl (C=O) groups excluding carboxylic acids is 2. The van der Waals surface area contributed by atoms with Crippen LogP contribution in [0.4, 0.5) is 0 Å². The van der Waals surface area contributed by atoms with Gasteiger partial charge in [-0.2, -0.15) is 8.42 Å². The van der Waals surface area contributed by atoms with E-state index in [2.05, 4.69) is 5.32 Å². The molecular formula is C12H15N3O6S. The number of hydrogen-bond acceptors (Lipinski definition) is 6. The molecule has 120 valence electrons. The monoisotopic (exact) mass is 329 g/mol. The lowest BCUT2D eigenvalue weighted by Gasteiger charge is -2.45. The van der Waals surface area contributed by atoms with E-state index in [1.54, 1.807) is 30.3 Å². The fraction of sp³-hybridized carbons (Fsp3) is 0.333. The number of β-lactam (4-membered cyclic amide) rings is 1. The number of benzene rings is 1. The van der Waals surface area contributed by atoms with Gasteiger partial charge in [0.25, 0.3) is 5.91 Å². The summed E-state index contributed by atoms with van der Waals surface area (Å²) >= 11 is 0. The lowest BCUT2D eigenvalue weighted by molar-refractivity contribution is -0.180. The number of nitrogens with one attached hydrogen (secondary N) is 1. The van der Waals surface area contributed by atoms with Crippen molar-refractivity contribution >= 4 is 22.1 Å². The Morgan fingerprint density at radius 2 is 2.05 bits per heavy atom. The Labute approximate surface area is 126 Å². The molecule has 0 radical (unpaired) electrons. The van der Waals surface area contributed by atoms with E-state index in [-0.39, 0.29) is 4.31 Å². The van der Waals surface area contributed by atoms with Gasteiger partial charge in [-0.1, -0.05) is 30.3 Å². The average Bonchev–Trinajstić information content (AvgIpc) is 2.49. The third-order valence-corrected chi connectivity index (χ3v) is 4.18. The highest BCUT2D eigenvalue weighted by atomic mass is 32.2. The predicted molar refractivity (Wildman–Crippen MR) is 74.5 cm³/mol. The molecule has 22 heavy (non-hydrogen) atoms. The maximum Gasteiger partial charge on any atom is 0.362 e. The molecule has 0 aliphatic carbocycles. The minimum atomic E-state index is -4.68. The van der Waals surface area contributed by atoms with Crippen molar-refractivity contribution < 1.29 is 27.3 Å². The normalized spacial score (nSPS) is 22.9. The summed E-state index contributed by atoms with van der Waals surface area (Å²) < 4.78 is 35.8. The van der Waals surface area contributed by atoms with Gasteiger partial charge in [0.1, 0.15) is 6.04 Å². The summed E-state index contributed by atoms with van der Waals surface area (Å²) in [6, 6.07) is 7.37. The first kappa shape index (κ1) is 16.4. The molecule has 1 aromatic carbocycles. The topological polar surface area (TPSA) is 139 Å². The van der Waals surface area contributed by atoms with E-state index < -0.39 is 40.4 Å². The first-order valence-corrected chi connectivity index (χ1v) is 7.58. The summed E-state index contributed by atoms with van der Waals surface area (Å²) in [5.74, 6) is -1.80. The lowest BCUT2D eigenvalue weighted by Crippen LogP contribution is -2.76. The van der Waals surface area contributed by atoms with Crippen LogP contribution in [0.15, 0.2) is 30.3 Å². The second kappa shape index (κ2) is 5.65. The Kier molecular flexibility index (Phi) is 4.20. The zero-order valence-electron chi connectivity index (χ0n) is 11.6. The van der Waals surface area contributed by atoms with Gasteiger partial charge in [0.05, 0.1) is 6.54 Å². The van der Waals surface area contributed by atoms with Crippen molar-refractivity contribution in [1.82, 2.24) is 9.62 Å². The van der Waals surface area contributed by atoms with Crippen LogP contribution in [0.5, 0.6) is 0 Å². The molecule has 1 aliphatic heterocycles. The van der Waals surface area contributed by atoms with Crippen molar-refractivity contribution in [3.8, 4) is 0 Å². The highest BCUT2D eigenvalue weighted by Crippen LogP contribution is 2.27. The number of carbonyl (C=O) groups is 2. The molecule has 1 heterocycles. The Morgan fingerprint density at radius 3 is 2.50 bits per heavy atom. The number of nitrogens with zero attached hydrogens (tertiary/aromatic N) is 1. The van der Waals surface area contributed by atoms with Crippen molar-refractivity contribution in [1.29, 1.82) is 0 Å². The van der Waals surface area contributed by atoms with Crippen molar-refractivity contribution in [2.45, 2.75) is 11.8 Å². The molecule has 0 saturated carbocycles. The van der Waals surface area contributed by atoms with Crippen molar-refractivity contribution in [2.24, 2.45) is 5.73 Å². The average molecular weight is 329 g/mol. The van der Waals surface area contributed by atoms with Crippen LogP contribution in [0.3, 0.4) is 0 Å². The van der Waals surface area contributed by atoms with Crippen LogP contribution in [0.2, 0.25) is 0 Å². The summed E-state index contributed by atoms with van der Waals surface area (Å²) in [5, 5.41) is 2.28. The minimum Gasteiger partial charge on any atom is -0.349 e. The molecule has 0 spiro atoms. The van der Waals surface area contributed by atoms with Crippen LogP contribution in [0, 0.1) is 0 Å². The largest absolute Gasteiger partial charge is 0.362 e. The molecule has 1 aromatic rings. The van der Waals surface area contributed by atoms with Gasteiger partial charge in [-0.05, 0) is 5.56 Å². The summed E-state index contributed by atoms with van der Waals surface area (Å²) in [6.07, 6.45) is 0. The van der Waals surface area contributed by atoms with E-state index in [0.717, 1.165) is 7.11 Å². The number of rotatable bonds is 5. The Bertz CT molecular complexity index is 692. The number of ether oxygens (including phenoxy) is 1. The zero-order valence-corrected chi connectivity index (χ0v) is 12.4. The van der Waals surface area contributed by atoms with Crippen molar-refractivity contribution in [2.75, 3.05) is 13.7 Å². The standard InChI is InChI=1S/C12H15N3O6S/c1-21-12(7-15(11(12)17)22(18,19)20)14-10(16)9(13)8-5-3-2-4-6-8/h2-6,9H,7,13H2,1H3,(H,14,16)(H,18,19,20). The van der Waals surface area contributed by atoms with E-state index in [1.807, 2.05) is 0 Å². The van der Waals surface area contributed by atoms with Crippen molar-refractivity contribution in [3.63, 3.8) is 0 Å². The molecule has 10 heteroatoms. The molecule has 9 nitrogen and oxygen atoms in total. The van der Waals surface area contributed by atoms with Gasteiger partial charge in [0.15, 0.2) is 0 Å². The molecule has 0 aromatic heterocycles. The summed E-state index contributed by atoms with van der Waals surface area (Å²) in [4.78, 5) is 24.0. The Balaban J connectivity index is 2.12. The van der Waals surface area contributed by atoms with Crippen LogP contribution in [0.25, 0.3) is 0 Å². The maximum atomic E-state index is 12.1. The molecule has 2 unspecified atom stereocenters. The second-order valence-corrected chi connectivity index (χ2v) is 6.03. The second-order valence-electron chi connectivity index (χ2n) is 4.70. The number of amides is 2. The molecule has 2 atom stereocenters. The third-order valence-electron chi connectivity index (χ3n) is 3.33. The van der Waals surface area contributed by atoms with Gasteiger partial charge in [0.2, 0.25) is 11.6 Å². The molecule has 1 saturated heterocycles. The first-order valence-electron chi connectivity index (χ1n) is 6.18.